The SMILES string of the molecule is COc1cc2c(cc1OC)[C@H](C(=O)O)C(c1ccc3c(c1)OCO3)N(C)C2=O. The number of aliphatic carboxylic acids is 1. The topological polar surface area (TPSA) is 94.5 Å². The van der Waals surface area contributed by atoms with Crippen molar-refractivity contribution in [2.75, 3.05) is 28.1 Å². The lowest BCUT2D eigenvalue weighted by atomic mass is 9.79. The van der Waals surface area contributed by atoms with Crippen LogP contribution in [0.3, 0.4) is 0 Å². The Bertz CT molecular complexity index is 971. The van der Waals surface area contributed by atoms with Crippen LogP contribution in [0.1, 0.15) is 33.4 Å². The number of hydrogen-bond acceptors (Lipinski definition) is 6. The van der Waals surface area contributed by atoms with E-state index in [1.165, 1.54) is 25.2 Å². The van der Waals surface area contributed by atoms with Crippen LogP contribution in [0.2, 0.25) is 0 Å². The standard InChI is InChI=1S/C20H19NO7/c1-21-18(10-4-5-13-16(6-10)28-9-27-13)17(20(23)24)11-7-14(25-2)15(26-3)8-12(11)19(21)22/h4-8,17-18H,9H2,1-3H3,(H,23,24)/t17-,18?/m0/s1. The van der Waals surface area contributed by atoms with Gasteiger partial charge in [0.15, 0.2) is 23.0 Å². The van der Waals surface area contributed by atoms with Crippen molar-refractivity contribution in [3.8, 4) is 23.0 Å². The van der Waals surface area contributed by atoms with Crippen molar-refractivity contribution in [1.82, 2.24) is 4.90 Å². The summed E-state index contributed by atoms with van der Waals surface area (Å²) in [5.74, 6) is -0.472. The highest BCUT2D eigenvalue weighted by Gasteiger charge is 2.44. The predicted molar refractivity (Wildman–Crippen MR) is 97.3 cm³/mol. The molecule has 2 aliphatic heterocycles. The maximum Gasteiger partial charge on any atom is 0.313 e. The van der Waals surface area contributed by atoms with Gasteiger partial charge in [-0.3, -0.25) is 9.59 Å². The van der Waals surface area contributed by atoms with Crippen LogP contribution in [0, 0.1) is 0 Å². The number of fused-ring (bicyclic) bond motifs is 2. The molecule has 0 spiro atoms. The van der Waals surface area contributed by atoms with Gasteiger partial charge < -0.3 is 29.0 Å². The molecule has 0 radical (unpaired) electrons. The van der Waals surface area contributed by atoms with E-state index in [4.69, 9.17) is 18.9 Å². The number of benzene rings is 2. The molecule has 0 saturated carbocycles. The van der Waals surface area contributed by atoms with Crippen molar-refractivity contribution < 1.29 is 33.6 Å². The van der Waals surface area contributed by atoms with Gasteiger partial charge in [0.1, 0.15) is 5.92 Å². The Balaban J connectivity index is 1.89. The Kier molecular flexibility index (Phi) is 4.26. The molecule has 0 fully saturated rings. The van der Waals surface area contributed by atoms with Gasteiger partial charge in [-0.2, -0.15) is 0 Å². The van der Waals surface area contributed by atoms with Gasteiger partial charge in [0, 0.05) is 12.6 Å². The Morgan fingerprint density at radius 2 is 1.79 bits per heavy atom. The molecule has 8 heteroatoms. The Hall–Kier alpha value is -3.42. The molecule has 28 heavy (non-hydrogen) atoms. The summed E-state index contributed by atoms with van der Waals surface area (Å²) in [5, 5.41) is 10.0. The van der Waals surface area contributed by atoms with Crippen molar-refractivity contribution in [1.29, 1.82) is 0 Å². The van der Waals surface area contributed by atoms with Crippen LogP contribution in [0.15, 0.2) is 30.3 Å². The summed E-state index contributed by atoms with van der Waals surface area (Å²) in [6.07, 6.45) is 0. The van der Waals surface area contributed by atoms with E-state index in [-0.39, 0.29) is 18.3 Å². The maximum atomic E-state index is 13.1. The molecule has 146 valence electrons. The fraction of sp³-hybridized carbons (Fsp3) is 0.300. The molecule has 1 N–H and O–H groups in total. The molecule has 0 saturated heterocycles. The second kappa shape index (κ2) is 6.63. The molecule has 1 unspecified atom stereocenters. The highest BCUT2D eigenvalue weighted by Crippen LogP contribution is 2.47. The highest BCUT2D eigenvalue weighted by atomic mass is 16.7. The van der Waals surface area contributed by atoms with Crippen molar-refractivity contribution in [3.63, 3.8) is 0 Å². The van der Waals surface area contributed by atoms with Crippen LogP contribution in [0.4, 0.5) is 0 Å². The number of ether oxygens (including phenoxy) is 4. The summed E-state index contributed by atoms with van der Waals surface area (Å²) < 4.78 is 21.3. The molecule has 2 aromatic rings. The predicted octanol–water partition coefficient (Wildman–Crippen LogP) is 2.43. The quantitative estimate of drug-likeness (QED) is 0.864. The molecule has 0 aromatic heterocycles. The lowest BCUT2D eigenvalue weighted by molar-refractivity contribution is -0.140. The first-order valence-corrected chi connectivity index (χ1v) is 8.61. The average Bonchev–Trinajstić information content (AvgIpc) is 3.16. The molecule has 2 heterocycles. The summed E-state index contributed by atoms with van der Waals surface area (Å²) in [6, 6.07) is 7.57. The zero-order valence-electron chi connectivity index (χ0n) is 15.6. The number of carbonyl (C=O) groups is 2. The first kappa shape index (κ1) is 18.0. The van der Waals surface area contributed by atoms with E-state index in [0.717, 1.165) is 0 Å². The van der Waals surface area contributed by atoms with Gasteiger partial charge in [-0.25, -0.2) is 0 Å². The van der Waals surface area contributed by atoms with Crippen LogP contribution in [-0.2, 0) is 4.79 Å². The Labute approximate surface area is 161 Å². The van der Waals surface area contributed by atoms with Crippen LogP contribution in [0.5, 0.6) is 23.0 Å². The summed E-state index contributed by atoms with van der Waals surface area (Å²) in [4.78, 5) is 26.8. The van der Waals surface area contributed by atoms with Gasteiger partial charge in [-0.05, 0) is 35.4 Å². The second-order valence-corrected chi connectivity index (χ2v) is 6.58. The number of amides is 1. The van der Waals surface area contributed by atoms with E-state index < -0.39 is 17.9 Å². The minimum atomic E-state index is -1.05. The number of carboxylic acid groups (broad SMARTS) is 1. The largest absolute Gasteiger partial charge is 0.493 e. The molecular weight excluding hydrogens is 366 g/mol. The van der Waals surface area contributed by atoms with E-state index in [1.54, 1.807) is 31.3 Å². The third kappa shape index (κ3) is 2.60. The van der Waals surface area contributed by atoms with Crippen molar-refractivity contribution in [2.24, 2.45) is 0 Å². The van der Waals surface area contributed by atoms with Crippen molar-refractivity contribution in [2.45, 2.75) is 12.0 Å². The van der Waals surface area contributed by atoms with E-state index in [9.17, 15) is 14.7 Å². The van der Waals surface area contributed by atoms with E-state index in [2.05, 4.69) is 0 Å². The fourth-order valence-electron chi connectivity index (χ4n) is 3.83. The third-order valence-corrected chi connectivity index (χ3v) is 5.18. The normalized spacial score (nSPS) is 20.0. The monoisotopic (exact) mass is 385 g/mol. The summed E-state index contributed by atoms with van der Waals surface area (Å²) in [7, 11) is 4.52. The zero-order chi connectivity index (χ0) is 20.0. The van der Waals surface area contributed by atoms with Gasteiger partial charge in [0.05, 0.1) is 20.3 Å². The van der Waals surface area contributed by atoms with Crippen LogP contribution < -0.4 is 18.9 Å². The molecule has 0 bridgehead atoms. The first-order valence-electron chi connectivity index (χ1n) is 8.61. The van der Waals surface area contributed by atoms with Gasteiger partial charge >= 0.3 is 5.97 Å². The molecule has 0 aliphatic carbocycles. The number of hydrogen-bond donors (Lipinski definition) is 1. The van der Waals surface area contributed by atoms with Gasteiger partial charge in [-0.1, -0.05) is 6.07 Å². The fourth-order valence-corrected chi connectivity index (χ4v) is 3.83. The van der Waals surface area contributed by atoms with E-state index in [1.807, 2.05) is 0 Å². The molecule has 2 aliphatic rings. The van der Waals surface area contributed by atoms with Crippen LogP contribution >= 0.6 is 0 Å². The maximum absolute atomic E-state index is 13.1. The number of rotatable bonds is 4. The minimum absolute atomic E-state index is 0.112. The molecule has 1 amide bonds. The van der Waals surface area contributed by atoms with Crippen LogP contribution in [-0.4, -0.2) is 49.9 Å². The molecule has 2 atom stereocenters. The van der Waals surface area contributed by atoms with Crippen molar-refractivity contribution >= 4 is 11.9 Å². The first-order chi connectivity index (χ1) is 13.5. The van der Waals surface area contributed by atoms with Gasteiger partial charge in [-0.15, -0.1) is 0 Å². The minimum Gasteiger partial charge on any atom is -0.493 e. The summed E-state index contributed by atoms with van der Waals surface area (Å²) in [6.45, 7) is 0.112. The lowest BCUT2D eigenvalue weighted by Gasteiger charge is -2.39. The molecule has 2 aromatic carbocycles. The number of methoxy groups -OCH3 is 2. The van der Waals surface area contributed by atoms with Crippen molar-refractivity contribution in [3.05, 3.63) is 47.0 Å². The number of likely N-dealkylation sites (N-methyl/N-ethyl adjacent to an activating group) is 1. The second-order valence-electron chi connectivity index (χ2n) is 6.58. The summed E-state index contributed by atoms with van der Waals surface area (Å²) >= 11 is 0. The third-order valence-electron chi connectivity index (χ3n) is 5.18. The average molecular weight is 385 g/mol. The lowest BCUT2D eigenvalue weighted by Crippen LogP contribution is -2.42. The molecular formula is C20H19NO7. The Morgan fingerprint density at radius 1 is 1.11 bits per heavy atom. The van der Waals surface area contributed by atoms with E-state index >= 15 is 0 Å². The Morgan fingerprint density at radius 3 is 2.46 bits per heavy atom. The highest BCUT2D eigenvalue weighted by molar-refractivity contribution is 6.01. The smallest absolute Gasteiger partial charge is 0.313 e. The van der Waals surface area contributed by atoms with Crippen LogP contribution in [0.25, 0.3) is 0 Å². The number of nitrogens with zero attached hydrogens (tertiary/aromatic N) is 1. The number of carbonyl (C=O) groups excluding carboxylic acids is 1. The molecule has 4 rings (SSSR count). The number of carboxylic acids is 1. The van der Waals surface area contributed by atoms with Gasteiger partial charge in [0.25, 0.3) is 5.91 Å². The zero-order valence-corrected chi connectivity index (χ0v) is 15.6. The van der Waals surface area contributed by atoms with Gasteiger partial charge in [0.2, 0.25) is 6.79 Å². The summed E-state index contributed by atoms with van der Waals surface area (Å²) in [5.41, 5.74) is 1.31. The van der Waals surface area contributed by atoms with E-state index in [0.29, 0.717) is 34.1 Å². The molecule has 8 nitrogen and oxygen atoms in total.